The summed E-state index contributed by atoms with van der Waals surface area (Å²) in [6, 6.07) is 3.74. The van der Waals surface area contributed by atoms with Crippen molar-refractivity contribution < 1.29 is 21.6 Å². The minimum absolute atomic E-state index is 0.00450. The molecule has 2 atom stereocenters. The fourth-order valence-electron chi connectivity index (χ4n) is 2.87. The largest absolute Gasteiger partial charge is 0.390 e. The van der Waals surface area contributed by atoms with Gasteiger partial charge in [-0.15, -0.1) is 0 Å². The third-order valence-corrected chi connectivity index (χ3v) is 5.37. The third-order valence-electron chi connectivity index (χ3n) is 4.02. The summed E-state index contributed by atoms with van der Waals surface area (Å²) in [7, 11) is -1.99. The number of alkyl halides is 3. The highest BCUT2D eigenvalue weighted by atomic mass is 32.2. The SMILES string of the molecule is CN1CC[C@@H](CNS(=O)(=O)CCC(F)(F)F)[C@@H]1c1cccnc1. The maximum Gasteiger partial charge on any atom is 0.390 e. The van der Waals surface area contributed by atoms with Crippen LogP contribution in [0.2, 0.25) is 0 Å². The lowest BCUT2D eigenvalue weighted by Gasteiger charge is -2.25. The molecule has 0 unspecified atom stereocenters. The Morgan fingerprint density at radius 2 is 2.17 bits per heavy atom. The van der Waals surface area contributed by atoms with Crippen molar-refractivity contribution in [1.29, 1.82) is 0 Å². The Labute approximate surface area is 133 Å². The summed E-state index contributed by atoms with van der Waals surface area (Å²) < 4.78 is 62.2. The second-order valence-electron chi connectivity index (χ2n) is 5.79. The lowest BCUT2D eigenvalue weighted by molar-refractivity contribution is -0.129. The second kappa shape index (κ2) is 7.14. The summed E-state index contributed by atoms with van der Waals surface area (Å²) in [5.74, 6) is -0.929. The maximum absolute atomic E-state index is 12.2. The molecule has 0 aromatic carbocycles. The van der Waals surface area contributed by atoms with Crippen molar-refractivity contribution in [3.63, 3.8) is 0 Å². The first kappa shape index (κ1) is 18.2. The molecule has 9 heteroatoms. The van der Waals surface area contributed by atoms with Crippen LogP contribution in [0.15, 0.2) is 24.5 Å². The molecular weight excluding hydrogens is 331 g/mol. The molecule has 1 saturated heterocycles. The molecule has 5 nitrogen and oxygen atoms in total. The van der Waals surface area contributed by atoms with Gasteiger partial charge in [0, 0.05) is 25.0 Å². The number of aromatic nitrogens is 1. The van der Waals surface area contributed by atoms with Crippen LogP contribution < -0.4 is 4.72 Å². The van der Waals surface area contributed by atoms with Crippen molar-refractivity contribution in [3.8, 4) is 0 Å². The Balaban J connectivity index is 1.96. The molecular formula is C14H20F3N3O2S. The average molecular weight is 351 g/mol. The first-order valence-electron chi connectivity index (χ1n) is 7.32. The van der Waals surface area contributed by atoms with Gasteiger partial charge in [-0.3, -0.25) is 9.88 Å². The van der Waals surface area contributed by atoms with E-state index < -0.39 is 28.4 Å². The third kappa shape index (κ3) is 5.43. The molecule has 0 radical (unpaired) electrons. The summed E-state index contributed by atoms with van der Waals surface area (Å²) in [6.45, 7) is 0.929. The van der Waals surface area contributed by atoms with Crippen molar-refractivity contribution >= 4 is 10.0 Å². The molecule has 1 aliphatic heterocycles. The lowest BCUT2D eigenvalue weighted by atomic mass is 9.95. The molecule has 0 saturated carbocycles. The summed E-state index contributed by atoms with van der Waals surface area (Å²) in [4.78, 5) is 6.18. The number of halogens is 3. The summed E-state index contributed by atoms with van der Waals surface area (Å²) >= 11 is 0. The van der Waals surface area contributed by atoms with E-state index in [0.29, 0.717) is 0 Å². The van der Waals surface area contributed by atoms with E-state index in [0.717, 1.165) is 18.5 Å². The summed E-state index contributed by atoms with van der Waals surface area (Å²) in [5, 5.41) is 0. The number of hydrogen-bond acceptors (Lipinski definition) is 4. The number of sulfonamides is 1. The second-order valence-corrected chi connectivity index (χ2v) is 7.72. The number of hydrogen-bond donors (Lipinski definition) is 1. The van der Waals surface area contributed by atoms with Crippen molar-refractivity contribution in [2.75, 3.05) is 25.9 Å². The number of nitrogens with zero attached hydrogens (tertiary/aromatic N) is 2. The van der Waals surface area contributed by atoms with E-state index >= 15 is 0 Å². The molecule has 1 aliphatic rings. The predicted octanol–water partition coefficient (Wildman–Crippen LogP) is 1.95. The van der Waals surface area contributed by atoms with Crippen LogP contribution in [0.25, 0.3) is 0 Å². The van der Waals surface area contributed by atoms with Gasteiger partial charge in [0.1, 0.15) is 0 Å². The molecule has 0 aliphatic carbocycles. The molecule has 1 aromatic rings. The minimum Gasteiger partial charge on any atom is -0.299 e. The molecule has 0 amide bonds. The first-order chi connectivity index (χ1) is 10.7. The van der Waals surface area contributed by atoms with Crippen molar-refractivity contribution in [1.82, 2.24) is 14.6 Å². The number of pyridine rings is 1. The van der Waals surface area contributed by atoms with Crippen LogP contribution in [0.3, 0.4) is 0 Å². The smallest absolute Gasteiger partial charge is 0.299 e. The van der Waals surface area contributed by atoms with E-state index in [1.165, 1.54) is 0 Å². The Bertz CT molecular complexity index is 607. The Hall–Kier alpha value is -1.19. The molecule has 0 bridgehead atoms. The standard InChI is InChI=1S/C14H20F3N3O2S/c1-20-7-4-12(13(20)11-3-2-6-18-9-11)10-19-23(21,22)8-5-14(15,16)17/h2-3,6,9,12-13,19H,4-5,7-8,10H2,1H3/t12-,13-/m0/s1. The molecule has 130 valence electrons. The number of nitrogens with one attached hydrogen (secondary N) is 1. The van der Waals surface area contributed by atoms with Gasteiger partial charge in [-0.2, -0.15) is 13.2 Å². The van der Waals surface area contributed by atoms with Crippen LogP contribution in [0.5, 0.6) is 0 Å². The van der Waals surface area contributed by atoms with Crippen molar-refractivity contribution in [3.05, 3.63) is 30.1 Å². The highest BCUT2D eigenvalue weighted by Crippen LogP contribution is 2.35. The fraction of sp³-hybridized carbons (Fsp3) is 0.643. The van der Waals surface area contributed by atoms with Crippen LogP contribution in [0, 0.1) is 5.92 Å². The number of likely N-dealkylation sites (tertiary alicyclic amines) is 1. The highest BCUT2D eigenvalue weighted by molar-refractivity contribution is 7.89. The van der Waals surface area contributed by atoms with Crippen LogP contribution in [0.1, 0.15) is 24.4 Å². The van der Waals surface area contributed by atoms with Gasteiger partial charge in [0.15, 0.2) is 0 Å². The molecule has 1 N–H and O–H groups in total. The van der Waals surface area contributed by atoms with E-state index in [9.17, 15) is 21.6 Å². The summed E-state index contributed by atoms with van der Waals surface area (Å²) in [5.41, 5.74) is 0.979. The molecule has 0 spiro atoms. The van der Waals surface area contributed by atoms with Crippen LogP contribution in [-0.4, -0.2) is 50.4 Å². The Morgan fingerprint density at radius 1 is 1.43 bits per heavy atom. The van der Waals surface area contributed by atoms with Gasteiger partial charge < -0.3 is 0 Å². The van der Waals surface area contributed by atoms with E-state index in [1.54, 1.807) is 12.4 Å². The average Bonchev–Trinajstić information content (AvgIpc) is 2.85. The minimum atomic E-state index is -4.47. The van der Waals surface area contributed by atoms with Crippen LogP contribution in [-0.2, 0) is 10.0 Å². The monoisotopic (exact) mass is 351 g/mol. The normalized spacial score (nSPS) is 23.3. The van der Waals surface area contributed by atoms with E-state index in [-0.39, 0.29) is 18.5 Å². The zero-order valence-corrected chi connectivity index (χ0v) is 13.6. The van der Waals surface area contributed by atoms with Gasteiger partial charge in [0.25, 0.3) is 0 Å². The van der Waals surface area contributed by atoms with Crippen molar-refractivity contribution in [2.45, 2.75) is 25.1 Å². The zero-order chi connectivity index (χ0) is 17.1. The molecule has 23 heavy (non-hydrogen) atoms. The molecule has 1 fully saturated rings. The zero-order valence-electron chi connectivity index (χ0n) is 12.8. The molecule has 1 aromatic heterocycles. The molecule has 2 heterocycles. The Morgan fingerprint density at radius 3 is 2.78 bits per heavy atom. The van der Waals surface area contributed by atoms with E-state index in [2.05, 4.69) is 14.6 Å². The van der Waals surface area contributed by atoms with Gasteiger partial charge in [0.2, 0.25) is 10.0 Å². The summed E-state index contributed by atoms with van der Waals surface area (Å²) in [6.07, 6.45) is -1.64. The van der Waals surface area contributed by atoms with E-state index in [1.807, 2.05) is 19.2 Å². The van der Waals surface area contributed by atoms with Gasteiger partial charge in [0.05, 0.1) is 12.2 Å². The van der Waals surface area contributed by atoms with E-state index in [4.69, 9.17) is 0 Å². The van der Waals surface area contributed by atoms with Crippen molar-refractivity contribution in [2.24, 2.45) is 5.92 Å². The molecule has 2 rings (SSSR count). The first-order valence-corrected chi connectivity index (χ1v) is 8.97. The highest BCUT2D eigenvalue weighted by Gasteiger charge is 2.34. The van der Waals surface area contributed by atoms with Gasteiger partial charge >= 0.3 is 6.18 Å². The quantitative estimate of drug-likeness (QED) is 0.851. The maximum atomic E-state index is 12.2. The van der Waals surface area contributed by atoms with Crippen LogP contribution >= 0.6 is 0 Å². The lowest BCUT2D eigenvalue weighted by Crippen LogP contribution is -2.34. The fourth-order valence-corrected chi connectivity index (χ4v) is 3.99. The Kier molecular flexibility index (Phi) is 5.64. The number of rotatable bonds is 6. The van der Waals surface area contributed by atoms with Crippen LogP contribution in [0.4, 0.5) is 13.2 Å². The van der Waals surface area contributed by atoms with Gasteiger partial charge in [-0.25, -0.2) is 13.1 Å². The predicted molar refractivity (Wildman–Crippen MR) is 80.2 cm³/mol. The van der Waals surface area contributed by atoms with Gasteiger partial charge in [-0.1, -0.05) is 6.07 Å². The van der Waals surface area contributed by atoms with Gasteiger partial charge in [-0.05, 0) is 37.6 Å². The topological polar surface area (TPSA) is 62.3 Å².